The standard InChI is InChI=1S/C21H23FN2O2S/c1-14-19(20-13-17(22)7-9-21(20)24-14)10-11-23-27(25,26)18-8-6-15-4-2-3-5-16(15)12-18/h6-9,12-13,23-24H,2-5,10-11H2,1H3. The Morgan fingerprint density at radius 2 is 1.85 bits per heavy atom. The Morgan fingerprint density at radius 1 is 1.07 bits per heavy atom. The van der Waals surface area contributed by atoms with Gasteiger partial charge in [0.05, 0.1) is 4.90 Å². The molecule has 0 saturated heterocycles. The van der Waals surface area contributed by atoms with Gasteiger partial charge in [0.25, 0.3) is 0 Å². The zero-order valence-corrected chi connectivity index (χ0v) is 16.1. The molecular formula is C21H23FN2O2S. The molecule has 1 heterocycles. The number of hydrogen-bond acceptors (Lipinski definition) is 2. The van der Waals surface area contributed by atoms with Gasteiger partial charge in [-0.3, -0.25) is 0 Å². The molecule has 2 aromatic carbocycles. The number of benzene rings is 2. The summed E-state index contributed by atoms with van der Waals surface area (Å²) in [5.41, 5.74) is 5.14. The third-order valence-electron chi connectivity index (χ3n) is 5.38. The molecular weight excluding hydrogens is 363 g/mol. The van der Waals surface area contributed by atoms with E-state index in [1.165, 1.54) is 24.1 Å². The average Bonchev–Trinajstić information content (AvgIpc) is 2.96. The van der Waals surface area contributed by atoms with Gasteiger partial charge >= 0.3 is 0 Å². The van der Waals surface area contributed by atoms with Gasteiger partial charge in [0.1, 0.15) is 5.82 Å². The number of rotatable bonds is 5. The number of nitrogens with one attached hydrogen (secondary N) is 2. The molecule has 0 radical (unpaired) electrons. The minimum Gasteiger partial charge on any atom is -0.358 e. The summed E-state index contributed by atoms with van der Waals surface area (Å²) in [4.78, 5) is 3.55. The number of halogens is 1. The molecule has 4 rings (SSSR count). The summed E-state index contributed by atoms with van der Waals surface area (Å²) in [5, 5.41) is 0.806. The van der Waals surface area contributed by atoms with Crippen LogP contribution in [0.15, 0.2) is 41.3 Å². The minimum atomic E-state index is -3.56. The summed E-state index contributed by atoms with van der Waals surface area (Å²) < 4.78 is 41.6. The lowest BCUT2D eigenvalue weighted by molar-refractivity contribution is 0.581. The lowest BCUT2D eigenvalue weighted by atomic mass is 9.92. The maximum absolute atomic E-state index is 13.6. The molecule has 0 amide bonds. The van der Waals surface area contributed by atoms with Gasteiger partial charge < -0.3 is 4.98 Å². The van der Waals surface area contributed by atoms with Crippen LogP contribution in [0.4, 0.5) is 4.39 Å². The molecule has 0 unspecified atom stereocenters. The molecule has 4 nitrogen and oxygen atoms in total. The van der Waals surface area contributed by atoms with E-state index in [0.717, 1.165) is 47.0 Å². The zero-order valence-electron chi connectivity index (χ0n) is 15.3. The van der Waals surface area contributed by atoms with Crippen LogP contribution in [0.5, 0.6) is 0 Å². The smallest absolute Gasteiger partial charge is 0.240 e. The van der Waals surface area contributed by atoms with Crippen molar-refractivity contribution in [3.63, 3.8) is 0 Å². The Hall–Kier alpha value is -2.18. The van der Waals surface area contributed by atoms with Gasteiger partial charge in [0.15, 0.2) is 0 Å². The first kappa shape index (κ1) is 18.2. The predicted octanol–water partition coefficient (Wildman–Crippen LogP) is 4.02. The maximum atomic E-state index is 13.6. The zero-order chi connectivity index (χ0) is 19.0. The van der Waals surface area contributed by atoms with Gasteiger partial charge in [-0.15, -0.1) is 0 Å². The molecule has 3 aromatic rings. The van der Waals surface area contributed by atoms with Crippen molar-refractivity contribution < 1.29 is 12.8 Å². The number of aromatic nitrogens is 1. The van der Waals surface area contributed by atoms with Crippen LogP contribution in [0.25, 0.3) is 10.9 Å². The summed E-state index contributed by atoms with van der Waals surface area (Å²) in [6.45, 7) is 2.19. The Kier molecular flexibility index (Phi) is 4.78. The van der Waals surface area contributed by atoms with Crippen molar-refractivity contribution in [1.29, 1.82) is 0 Å². The number of aryl methyl sites for hydroxylation is 3. The average molecular weight is 386 g/mol. The van der Waals surface area contributed by atoms with E-state index in [1.807, 2.05) is 19.1 Å². The molecule has 2 N–H and O–H groups in total. The third kappa shape index (κ3) is 3.64. The second-order valence-corrected chi connectivity index (χ2v) is 8.97. The number of fused-ring (bicyclic) bond motifs is 2. The Labute approximate surface area is 158 Å². The van der Waals surface area contributed by atoms with Crippen LogP contribution >= 0.6 is 0 Å². The van der Waals surface area contributed by atoms with Gasteiger partial charge in [-0.25, -0.2) is 17.5 Å². The lowest BCUT2D eigenvalue weighted by Gasteiger charge is -2.16. The Balaban J connectivity index is 1.50. The van der Waals surface area contributed by atoms with Crippen molar-refractivity contribution in [3.05, 3.63) is 64.6 Å². The normalized spacial score (nSPS) is 14.4. The van der Waals surface area contributed by atoms with Gasteiger partial charge in [-0.2, -0.15) is 0 Å². The fourth-order valence-corrected chi connectivity index (χ4v) is 5.03. The van der Waals surface area contributed by atoms with Crippen LogP contribution in [0.3, 0.4) is 0 Å². The second kappa shape index (κ2) is 7.09. The van der Waals surface area contributed by atoms with Crippen molar-refractivity contribution in [2.75, 3.05) is 6.54 Å². The van der Waals surface area contributed by atoms with Crippen LogP contribution in [-0.2, 0) is 29.3 Å². The molecule has 142 valence electrons. The molecule has 0 spiro atoms. The molecule has 27 heavy (non-hydrogen) atoms. The highest BCUT2D eigenvalue weighted by Gasteiger charge is 2.18. The van der Waals surface area contributed by atoms with Crippen molar-refractivity contribution in [3.8, 4) is 0 Å². The van der Waals surface area contributed by atoms with E-state index in [1.54, 1.807) is 12.1 Å². The summed E-state index contributed by atoms with van der Waals surface area (Å²) in [5.74, 6) is -0.294. The van der Waals surface area contributed by atoms with E-state index in [0.29, 0.717) is 11.3 Å². The number of H-pyrrole nitrogens is 1. The van der Waals surface area contributed by atoms with Gasteiger partial charge in [-0.1, -0.05) is 6.07 Å². The predicted molar refractivity (Wildman–Crippen MR) is 105 cm³/mol. The van der Waals surface area contributed by atoms with Gasteiger partial charge in [-0.05, 0) is 86.1 Å². The van der Waals surface area contributed by atoms with E-state index in [4.69, 9.17) is 0 Å². The first-order valence-electron chi connectivity index (χ1n) is 9.32. The molecule has 1 aliphatic rings. The van der Waals surface area contributed by atoms with Crippen molar-refractivity contribution in [2.24, 2.45) is 0 Å². The van der Waals surface area contributed by atoms with Crippen LogP contribution in [-0.4, -0.2) is 19.9 Å². The molecule has 0 saturated carbocycles. The SMILES string of the molecule is Cc1[nH]c2ccc(F)cc2c1CCNS(=O)(=O)c1ccc2c(c1)CCCC2. The number of sulfonamides is 1. The fraction of sp³-hybridized carbons (Fsp3) is 0.333. The van der Waals surface area contributed by atoms with E-state index >= 15 is 0 Å². The van der Waals surface area contributed by atoms with Gasteiger partial charge in [0.2, 0.25) is 10.0 Å². The number of hydrogen-bond donors (Lipinski definition) is 2. The van der Waals surface area contributed by atoms with E-state index < -0.39 is 10.0 Å². The first-order chi connectivity index (χ1) is 12.9. The minimum absolute atomic E-state index is 0.268. The highest BCUT2D eigenvalue weighted by Crippen LogP contribution is 2.25. The van der Waals surface area contributed by atoms with Crippen molar-refractivity contribution in [1.82, 2.24) is 9.71 Å². The van der Waals surface area contributed by atoms with Crippen LogP contribution in [0.2, 0.25) is 0 Å². The Bertz CT molecular complexity index is 1100. The molecule has 0 fully saturated rings. The maximum Gasteiger partial charge on any atom is 0.240 e. The van der Waals surface area contributed by atoms with Crippen LogP contribution in [0, 0.1) is 12.7 Å². The monoisotopic (exact) mass is 386 g/mol. The number of aromatic amines is 1. The van der Waals surface area contributed by atoms with E-state index in [2.05, 4.69) is 9.71 Å². The highest BCUT2D eigenvalue weighted by atomic mass is 32.2. The quantitative estimate of drug-likeness (QED) is 0.696. The first-order valence-corrected chi connectivity index (χ1v) is 10.8. The summed E-state index contributed by atoms with van der Waals surface area (Å²) in [7, 11) is -3.56. The topological polar surface area (TPSA) is 62.0 Å². The summed E-state index contributed by atoms with van der Waals surface area (Å²) >= 11 is 0. The van der Waals surface area contributed by atoms with E-state index in [-0.39, 0.29) is 12.4 Å². The van der Waals surface area contributed by atoms with Crippen LogP contribution in [0.1, 0.15) is 35.2 Å². The van der Waals surface area contributed by atoms with Gasteiger partial charge in [0, 0.05) is 23.1 Å². The lowest BCUT2D eigenvalue weighted by Crippen LogP contribution is -2.26. The molecule has 1 aromatic heterocycles. The second-order valence-electron chi connectivity index (χ2n) is 7.20. The van der Waals surface area contributed by atoms with E-state index in [9.17, 15) is 12.8 Å². The van der Waals surface area contributed by atoms with Crippen molar-refractivity contribution >= 4 is 20.9 Å². The van der Waals surface area contributed by atoms with Crippen LogP contribution < -0.4 is 4.72 Å². The summed E-state index contributed by atoms with van der Waals surface area (Å²) in [6.07, 6.45) is 4.75. The third-order valence-corrected chi connectivity index (χ3v) is 6.84. The largest absolute Gasteiger partial charge is 0.358 e. The fourth-order valence-electron chi connectivity index (χ4n) is 3.95. The van der Waals surface area contributed by atoms with Crippen molar-refractivity contribution in [2.45, 2.75) is 43.9 Å². The molecule has 1 aliphatic carbocycles. The Morgan fingerprint density at radius 3 is 2.67 bits per heavy atom. The highest BCUT2D eigenvalue weighted by molar-refractivity contribution is 7.89. The molecule has 6 heteroatoms. The summed E-state index contributed by atoms with van der Waals surface area (Å²) in [6, 6.07) is 10.1. The molecule has 0 bridgehead atoms. The molecule has 0 aliphatic heterocycles. The molecule has 0 atom stereocenters.